The summed E-state index contributed by atoms with van der Waals surface area (Å²) in [7, 11) is -1.05. The van der Waals surface area contributed by atoms with Crippen LogP contribution in [0.5, 0.6) is 11.5 Å². The summed E-state index contributed by atoms with van der Waals surface area (Å²) in [6.45, 7) is 5.68. The number of aryl methyl sites for hydroxylation is 1. The van der Waals surface area contributed by atoms with Gasteiger partial charge in [-0.25, -0.2) is 13.4 Å². The lowest BCUT2D eigenvalue weighted by Gasteiger charge is -2.21. The van der Waals surface area contributed by atoms with E-state index in [1.807, 2.05) is 20.8 Å². The van der Waals surface area contributed by atoms with E-state index in [2.05, 4.69) is 15.0 Å². The van der Waals surface area contributed by atoms with Crippen molar-refractivity contribution in [2.75, 3.05) is 19.5 Å². The first kappa shape index (κ1) is 25.2. The Bertz CT molecular complexity index is 1270. The van der Waals surface area contributed by atoms with E-state index in [0.717, 1.165) is 15.2 Å². The van der Waals surface area contributed by atoms with Crippen LogP contribution in [0.4, 0.5) is 5.69 Å². The van der Waals surface area contributed by atoms with Crippen LogP contribution >= 0.6 is 22.9 Å². The average molecular weight is 512 g/mol. The molecule has 1 aromatic heterocycles. The summed E-state index contributed by atoms with van der Waals surface area (Å²) in [5.74, 6) is 0.249. The Hall–Kier alpha value is -2.40. The number of ether oxygens (including phenoxy) is 2. The predicted octanol–water partition coefficient (Wildman–Crippen LogP) is 4.61. The number of methoxy groups -OCH3 is 2. The third-order valence-corrected chi connectivity index (χ3v) is 7.53. The van der Waals surface area contributed by atoms with Crippen molar-refractivity contribution in [1.29, 1.82) is 0 Å². The highest BCUT2D eigenvalue weighted by Gasteiger charge is 2.28. The molecule has 1 heterocycles. The Balaban J connectivity index is 1.88. The fourth-order valence-corrected chi connectivity index (χ4v) is 5.72. The Kier molecular flexibility index (Phi) is 7.84. The fraction of sp³-hybridized carbons (Fsp3) is 0.364. The number of carbonyl (C=O) groups is 1. The molecule has 0 aliphatic rings. The van der Waals surface area contributed by atoms with Gasteiger partial charge in [0.2, 0.25) is 15.9 Å². The molecule has 0 spiro atoms. The number of hydrogen-bond donors (Lipinski definition) is 2. The number of nitrogens with zero attached hydrogens (tertiary/aromatic N) is 1. The van der Waals surface area contributed by atoms with Gasteiger partial charge in [-0.1, -0.05) is 25.4 Å². The number of hydrogen-bond acceptors (Lipinski definition) is 7. The van der Waals surface area contributed by atoms with Gasteiger partial charge in [0.1, 0.15) is 17.5 Å². The highest BCUT2D eigenvalue weighted by atomic mass is 35.5. The van der Waals surface area contributed by atoms with Crippen molar-refractivity contribution in [2.45, 2.75) is 38.1 Å². The number of rotatable bonds is 9. The number of aromatic nitrogens is 1. The van der Waals surface area contributed by atoms with Crippen LogP contribution in [0.2, 0.25) is 5.02 Å². The second-order valence-electron chi connectivity index (χ2n) is 7.84. The lowest BCUT2D eigenvalue weighted by atomic mass is 10.0. The number of fused-ring (bicyclic) bond motifs is 1. The molecule has 3 rings (SSSR count). The number of thiazole rings is 1. The fourth-order valence-electron chi connectivity index (χ4n) is 3.30. The van der Waals surface area contributed by atoms with E-state index >= 15 is 0 Å². The molecule has 0 saturated heterocycles. The molecule has 1 atom stereocenters. The van der Waals surface area contributed by atoms with Crippen LogP contribution in [0.15, 0.2) is 35.2 Å². The van der Waals surface area contributed by atoms with Gasteiger partial charge in [0.15, 0.2) is 0 Å². The summed E-state index contributed by atoms with van der Waals surface area (Å²) < 4.78 is 40.1. The van der Waals surface area contributed by atoms with Crippen LogP contribution in [0.25, 0.3) is 10.2 Å². The molecule has 33 heavy (non-hydrogen) atoms. The molecule has 0 bridgehead atoms. The van der Waals surface area contributed by atoms with Gasteiger partial charge in [-0.2, -0.15) is 4.72 Å². The van der Waals surface area contributed by atoms with Gasteiger partial charge in [-0.3, -0.25) is 4.79 Å². The van der Waals surface area contributed by atoms with Crippen molar-refractivity contribution < 1.29 is 22.7 Å². The quantitative estimate of drug-likeness (QED) is 0.434. The average Bonchev–Trinajstić information content (AvgIpc) is 3.12. The second kappa shape index (κ2) is 10.3. The van der Waals surface area contributed by atoms with Crippen LogP contribution in [-0.4, -0.2) is 39.6 Å². The molecule has 1 amide bonds. The minimum Gasteiger partial charge on any atom is -0.495 e. The molecule has 2 N–H and O–H groups in total. The van der Waals surface area contributed by atoms with Crippen LogP contribution in [-0.2, 0) is 14.8 Å². The monoisotopic (exact) mass is 511 g/mol. The highest BCUT2D eigenvalue weighted by Crippen LogP contribution is 2.36. The Labute approximate surface area is 202 Å². The Morgan fingerprint density at radius 2 is 1.85 bits per heavy atom. The zero-order valence-corrected chi connectivity index (χ0v) is 21.3. The SMILES string of the molecule is COc1cc(OC)c(NC(=O)[C@@H](CC(C)C)NS(=O)(=O)c2ccc3nc(C)sc3c2)cc1Cl. The minimum absolute atomic E-state index is 0.0522. The van der Waals surface area contributed by atoms with Crippen LogP contribution in [0.3, 0.4) is 0 Å². The van der Waals surface area contributed by atoms with Gasteiger partial charge >= 0.3 is 0 Å². The first-order valence-corrected chi connectivity index (χ1v) is 12.8. The first-order chi connectivity index (χ1) is 15.5. The van der Waals surface area contributed by atoms with Crippen molar-refractivity contribution in [3.8, 4) is 11.5 Å². The number of carbonyl (C=O) groups excluding carboxylic acids is 1. The number of amides is 1. The Morgan fingerprint density at radius 3 is 2.48 bits per heavy atom. The molecule has 2 aromatic carbocycles. The number of nitrogens with one attached hydrogen (secondary N) is 2. The molecule has 8 nitrogen and oxygen atoms in total. The summed E-state index contributed by atoms with van der Waals surface area (Å²) in [4.78, 5) is 17.6. The van der Waals surface area contributed by atoms with Gasteiger partial charge in [0.25, 0.3) is 0 Å². The van der Waals surface area contributed by atoms with E-state index in [9.17, 15) is 13.2 Å². The first-order valence-electron chi connectivity index (χ1n) is 10.2. The van der Waals surface area contributed by atoms with Crippen molar-refractivity contribution in [3.63, 3.8) is 0 Å². The number of benzene rings is 2. The topological polar surface area (TPSA) is 107 Å². The third-order valence-electron chi connectivity index (χ3n) is 4.83. The molecule has 0 aliphatic heterocycles. The zero-order chi connectivity index (χ0) is 24.3. The summed E-state index contributed by atoms with van der Waals surface area (Å²) in [5, 5.41) is 3.85. The van der Waals surface area contributed by atoms with E-state index < -0.39 is 22.0 Å². The maximum atomic E-state index is 13.1. The molecule has 11 heteroatoms. The van der Waals surface area contributed by atoms with E-state index in [0.29, 0.717) is 23.6 Å². The van der Waals surface area contributed by atoms with Crippen LogP contribution in [0.1, 0.15) is 25.3 Å². The number of sulfonamides is 1. The van der Waals surface area contributed by atoms with Crippen molar-refractivity contribution >= 4 is 54.8 Å². The van der Waals surface area contributed by atoms with Gasteiger partial charge in [-0.15, -0.1) is 11.3 Å². The minimum atomic E-state index is -3.97. The smallest absolute Gasteiger partial charge is 0.242 e. The van der Waals surface area contributed by atoms with E-state index in [-0.39, 0.29) is 15.8 Å². The van der Waals surface area contributed by atoms with E-state index in [4.69, 9.17) is 21.1 Å². The summed E-state index contributed by atoms with van der Waals surface area (Å²) >= 11 is 7.60. The lowest BCUT2D eigenvalue weighted by molar-refractivity contribution is -0.118. The van der Waals surface area contributed by atoms with Gasteiger partial charge in [0, 0.05) is 6.07 Å². The summed E-state index contributed by atoms with van der Waals surface area (Å²) in [5.41, 5.74) is 1.04. The maximum Gasteiger partial charge on any atom is 0.242 e. The number of anilines is 1. The molecule has 3 aromatic rings. The zero-order valence-electron chi connectivity index (χ0n) is 18.9. The van der Waals surface area contributed by atoms with Crippen molar-refractivity contribution in [2.24, 2.45) is 5.92 Å². The molecule has 0 fully saturated rings. The highest BCUT2D eigenvalue weighted by molar-refractivity contribution is 7.89. The van der Waals surface area contributed by atoms with Gasteiger partial charge in [0.05, 0.1) is 45.0 Å². The third kappa shape index (κ3) is 5.94. The normalized spacial score (nSPS) is 12.7. The molecule has 0 radical (unpaired) electrons. The molecular formula is C22H26ClN3O5S2. The van der Waals surface area contributed by atoms with E-state index in [1.54, 1.807) is 18.2 Å². The molecule has 0 unspecified atom stereocenters. The standard InChI is InChI=1S/C22H26ClN3O5S2/c1-12(2)8-18(22(27)25-17-10-15(23)19(30-4)11-20(17)31-5)26-33(28,29)14-6-7-16-21(9-14)32-13(3)24-16/h6-7,9-12,18,26H,8H2,1-5H3,(H,25,27)/t18-/m1/s1. The predicted molar refractivity (Wildman–Crippen MR) is 131 cm³/mol. The molecule has 0 aliphatic carbocycles. The summed E-state index contributed by atoms with van der Waals surface area (Å²) in [6.07, 6.45) is 0.291. The van der Waals surface area contributed by atoms with Crippen molar-refractivity contribution in [3.05, 3.63) is 40.4 Å². The lowest BCUT2D eigenvalue weighted by Crippen LogP contribution is -2.44. The summed E-state index contributed by atoms with van der Waals surface area (Å²) in [6, 6.07) is 6.75. The van der Waals surface area contributed by atoms with Crippen LogP contribution in [0, 0.1) is 12.8 Å². The molecular weight excluding hydrogens is 486 g/mol. The van der Waals surface area contributed by atoms with Crippen molar-refractivity contribution in [1.82, 2.24) is 9.71 Å². The molecule has 178 valence electrons. The second-order valence-corrected chi connectivity index (χ2v) is 11.2. The largest absolute Gasteiger partial charge is 0.495 e. The molecule has 0 saturated carbocycles. The number of halogens is 1. The van der Waals surface area contributed by atoms with Gasteiger partial charge < -0.3 is 14.8 Å². The van der Waals surface area contributed by atoms with Crippen LogP contribution < -0.4 is 19.5 Å². The maximum absolute atomic E-state index is 13.1. The Morgan fingerprint density at radius 1 is 1.15 bits per heavy atom. The van der Waals surface area contributed by atoms with E-state index in [1.165, 1.54) is 37.7 Å². The van der Waals surface area contributed by atoms with Gasteiger partial charge in [-0.05, 0) is 43.5 Å².